The third kappa shape index (κ3) is 5.47. The average molecular weight is 532 g/mol. The number of nitrogens with one attached hydrogen (secondary N) is 1. The molecule has 1 saturated heterocycles. The van der Waals surface area contributed by atoms with Gasteiger partial charge in [-0.2, -0.15) is 13.2 Å². The first kappa shape index (κ1) is 26.7. The Kier molecular flexibility index (Phi) is 7.81. The van der Waals surface area contributed by atoms with Gasteiger partial charge in [0.05, 0.1) is 31.1 Å². The van der Waals surface area contributed by atoms with Gasteiger partial charge >= 0.3 is 6.18 Å². The minimum atomic E-state index is -4.25. The molecular weight excluding hydrogens is 495 g/mol. The van der Waals surface area contributed by atoms with Gasteiger partial charge < -0.3 is 19.9 Å². The number of morpholine rings is 1. The summed E-state index contributed by atoms with van der Waals surface area (Å²) in [6.45, 7) is 4.87. The van der Waals surface area contributed by atoms with E-state index >= 15 is 0 Å². The summed E-state index contributed by atoms with van der Waals surface area (Å²) in [5, 5.41) is 3.41. The quantitative estimate of drug-likeness (QED) is 0.562. The van der Waals surface area contributed by atoms with Gasteiger partial charge in [0.25, 0.3) is 0 Å². The Hall–Kier alpha value is -2.85. The fraction of sp³-hybridized carbons (Fsp3) is 0.571. The highest BCUT2D eigenvalue weighted by molar-refractivity contribution is 6.00. The van der Waals surface area contributed by atoms with Crippen molar-refractivity contribution in [3.8, 4) is 0 Å². The van der Waals surface area contributed by atoms with Crippen molar-refractivity contribution < 1.29 is 22.7 Å². The smallest absolute Gasteiger partial charge is 0.378 e. The Labute approximate surface area is 221 Å². The summed E-state index contributed by atoms with van der Waals surface area (Å²) >= 11 is 0. The number of aromatic nitrogens is 1. The lowest BCUT2D eigenvalue weighted by molar-refractivity contribution is -0.188. The lowest BCUT2D eigenvalue weighted by atomic mass is 9.83. The number of amides is 1. The van der Waals surface area contributed by atoms with Crippen LogP contribution >= 0.6 is 0 Å². The van der Waals surface area contributed by atoms with Crippen LogP contribution in [0.5, 0.6) is 0 Å². The number of halogens is 3. The van der Waals surface area contributed by atoms with Gasteiger partial charge in [0.15, 0.2) is 0 Å². The van der Waals surface area contributed by atoms with E-state index in [2.05, 4.69) is 27.3 Å². The summed E-state index contributed by atoms with van der Waals surface area (Å²) in [5.41, 5.74) is 3.58. The van der Waals surface area contributed by atoms with Crippen molar-refractivity contribution in [2.24, 2.45) is 5.92 Å². The van der Waals surface area contributed by atoms with Crippen LogP contribution in [0.25, 0.3) is 0 Å². The number of carbonyl (C=O) groups is 1. The van der Waals surface area contributed by atoms with E-state index in [1.807, 2.05) is 23.1 Å². The van der Waals surface area contributed by atoms with Gasteiger partial charge in [0.1, 0.15) is 11.9 Å². The Morgan fingerprint density at radius 3 is 2.61 bits per heavy atom. The van der Waals surface area contributed by atoms with Gasteiger partial charge in [0.2, 0.25) is 5.91 Å². The zero-order chi connectivity index (χ0) is 26.9. The van der Waals surface area contributed by atoms with Crippen LogP contribution in [-0.2, 0) is 16.1 Å². The van der Waals surface area contributed by atoms with Gasteiger partial charge in [-0.25, -0.2) is 4.98 Å². The molecule has 1 aromatic heterocycles. The molecule has 2 aromatic rings. The van der Waals surface area contributed by atoms with Gasteiger partial charge in [-0.05, 0) is 63.4 Å². The third-order valence-electron chi connectivity index (χ3n) is 8.27. The molecule has 1 saturated carbocycles. The maximum atomic E-state index is 14.0. The Morgan fingerprint density at radius 1 is 1.18 bits per heavy atom. The summed E-state index contributed by atoms with van der Waals surface area (Å²) in [6.07, 6.45) is -0.203. The number of pyridine rings is 1. The highest BCUT2D eigenvalue weighted by Gasteiger charge is 2.44. The van der Waals surface area contributed by atoms with E-state index < -0.39 is 12.2 Å². The molecule has 3 heterocycles. The predicted octanol–water partition coefficient (Wildman–Crippen LogP) is 5.34. The second-order valence-corrected chi connectivity index (χ2v) is 10.5. The summed E-state index contributed by atoms with van der Waals surface area (Å²) in [6, 6.07) is 8.32. The van der Waals surface area contributed by atoms with E-state index in [0.29, 0.717) is 45.4 Å². The van der Waals surface area contributed by atoms with Gasteiger partial charge in [-0.1, -0.05) is 13.0 Å². The molecule has 1 amide bonds. The largest absolute Gasteiger partial charge is 0.404 e. The minimum Gasteiger partial charge on any atom is -0.378 e. The molecular formula is C28H36F3N5O2. The lowest BCUT2D eigenvalue weighted by Crippen LogP contribution is -2.50. The molecule has 0 spiro atoms. The van der Waals surface area contributed by atoms with E-state index in [1.165, 1.54) is 4.90 Å². The standard InChI is InChI=1S/C28H36F3N5O2/c1-3-25(28(29,30)31)34(2)21-8-6-19(7-9-21)27(37)36-18-20-5-4-12-32-26(20)33-23-11-10-22(17-24(23)36)35-13-15-38-16-14-35/h4-5,10-12,17,19,21,25H,3,6-9,13-16,18H2,1-2H3,(H,32,33)/t19-,21-,25-/m0/s1. The maximum absolute atomic E-state index is 14.0. The number of alkyl halides is 3. The van der Waals surface area contributed by atoms with Gasteiger partial charge in [-0.3, -0.25) is 9.69 Å². The lowest BCUT2D eigenvalue weighted by Gasteiger charge is -2.40. The molecule has 2 fully saturated rings. The first-order valence-electron chi connectivity index (χ1n) is 13.5. The zero-order valence-electron chi connectivity index (χ0n) is 22.0. The number of nitrogens with zero attached hydrogens (tertiary/aromatic N) is 4. The number of carbonyl (C=O) groups excluding carboxylic acids is 1. The van der Waals surface area contributed by atoms with Crippen LogP contribution in [0.2, 0.25) is 0 Å². The fourth-order valence-electron chi connectivity index (χ4n) is 6.08. The van der Waals surface area contributed by atoms with E-state index in [4.69, 9.17) is 4.74 Å². The van der Waals surface area contributed by atoms with E-state index in [1.54, 1.807) is 20.2 Å². The number of ether oxygens (including phenoxy) is 1. The molecule has 1 N–H and O–H groups in total. The Balaban J connectivity index is 1.37. The molecule has 206 valence electrons. The summed E-state index contributed by atoms with van der Waals surface area (Å²) < 4.78 is 46.1. The van der Waals surface area contributed by atoms with Crippen molar-refractivity contribution in [2.75, 3.05) is 48.5 Å². The van der Waals surface area contributed by atoms with Crippen molar-refractivity contribution in [2.45, 2.75) is 63.8 Å². The molecule has 1 aliphatic carbocycles. The number of anilines is 4. The SMILES string of the molecule is CC[C@H](N(C)[C@H]1CC[C@H](C(=O)N2Cc3cccnc3Nc3ccc(N4CCOCC4)cc32)CC1)C(F)(F)F. The topological polar surface area (TPSA) is 60.9 Å². The molecule has 3 aliphatic rings. The van der Waals surface area contributed by atoms with Crippen molar-refractivity contribution >= 4 is 28.8 Å². The van der Waals surface area contributed by atoms with Crippen LogP contribution in [0.4, 0.5) is 36.1 Å². The molecule has 1 atom stereocenters. The van der Waals surface area contributed by atoms with Crippen LogP contribution in [0.1, 0.15) is 44.6 Å². The first-order valence-corrected chi connectivity index (χ1v) is 13.5. The van der Waals surface area contributed by atoms with Crippen LogP contribution in [-0.4, -0.2) is 67.4 Å². The van der Waals surface area contributed by atoms with Crippen molar-refractivity contribution in [1.82, 2.24) is 9.88 Å². The second kappa shape index (κ2) is 11.1. The number of benzene rings is 1. The normalized spacial score (nSPS) is 22.8. The number of hydrogen-bond acceptors (Lipinski definition) is 6. The van der Waals surface area contributed by atoms with Crippen molar-refractivity contribution in [1.29, 1.82) is 0 Å². The summed E-state index contributed by atoms with van der Waals surface area (Å²) in [5.74, 6) is 0.517. The number of hydrogen-bond donors (Lipinski definition) is 1. The van der Waals surface area contributed by atoms with Gasteiger partial charge in [0, 0.05) is 42.5 Å². The molecule has 7 nitrogen and oxygen atoms in total. The summed E-state index contributed by atoms with van der Waals surface area (Å²) in [7, 11) is 1.57. The van der Waals surface area contributed by atoms with Crippen LogP contribution in [0.3, 0.4) is 0 Å². The van der Waals surface area contributed by atoms with Crippen LogP contribution < -0.4 is 15.1 Å². The Bertz CT molecular complexity index is 1130. The van der Waals surface area contributed by atoms with Crippen molar-refractivity contribution in [3.63, 3.8) is 0 Å². The van der Waals surface area contributed by atoms with Crippen molar-refractivity contribution in [3.05, 3.63) is 42.1 Å². The number of rotatable bonds is 5. The van der Waals surface area contributed by atoms with Crippen LogP contribution in [0.15, 0.2) is 36.5 Å². The molecule has 5 rings (SSSR count). The van der Waals surface area contributed by atoms with E-state index in [9.17, 15) is 18.0 Å². The fourth-order valence-corrected chi connectivity index (χ4v) is 6.08. The predicted molar refractivity (Wildman–Crippen MR) is 142 cm³/mol. The van der Waals surface area contributed by atoms with E-state index in [0.717, 1.165) is 41.5 Å². The average Bonchev–Trinajstić information content (AvgIpc) is 3.09. The third-order valence-corrected chi connectivity index (χ3v) is 8.27. The number of fused-ring (bicyclic) bond motifs is 2. The molecule has 1 aromatic carbocycles. The molecule has 0 radical (unpaired) electrons. The molecule has 0 unspecified atom stereocenters. The van der Waals surface area contributed by atoms with Gasteiger partial charge in [-0.15, -0.1) is 0 Å². The molecule has 2 aliphatic heterocycles. The Morgan fingerprint density at radius 2 is 1.92 bits per heavy atom. The first-order chi connectivity index (χ1) is 18.3. The maximum Gasteiger partial charge on any atom is 0.404 e. The summed E-state index contributed by atoms with van der Waals surface area (Å²) in [4.78, 5) is 24.1. The highest BCUT2D eigenvalue weighted by atomic mass is 19.4. The van der Waals surface area contributed by atoms with E-state index in [-0.39, 0.29) is 24.3 Å². The van der Waals surface area contributed by atoms with Crippen LogP contribution in [0, 0.1) is 5.92 Å². The molecule has 38 heavy (non-hydrogen) atoms. The second-order valence-electron chi connectivity index (χ2n) is 10.5. The molecule has 0 bridgehead atoms. The molecule has 10 heteroatoms. The zero-order valence-corrected chi connectivity index (χ0v) is 22.0. The minimum absolute atomic E-state index is 0.0212. The highest BCUT2D eigenvalue weighted by Crippen LogP contribution is 2.40. The monoisotopic (exact) mass is 531 g/mol.